The van der Waals surface area contributed by atoms with E-state index in [0.29, 0.717) is 15.0 Å². The third kappa shape index (κ3) is 4.07. The van der Waals surface area contributed by atoms with E-state index >= 15 is 0 Å². The molecule has 1 aliphatic rings. The fourth-order valence-corrected chi connectivity index (χ4v) is 3.75. The topological polar surface area (TPSA) is 41.1 Å². The van der Waals surface area contributed by atoms with E-state index in [0.717, 1.165) is 17.7 Å². The third-order valence-electron chi connectivity index (χ3n) is 3.64. The minimum Gasteiger partial charge on any atom is -0.357 e. The second-order valence-electron chi connectivity index (χ2n) is 5.34. The molecule has 3 nitrogen and oxygen atoms in total. The van der Waals surface area contributed by atoms with Gasteiger partial charge in [-0.15, -0.1) is 0 Å². The summed E-state index contributed by atoms with van der Waals surface area (Å²) in [5, 5.41) is 7.30. The minimum atomic E-state index is -0.206. The second kappa shape index (κ2) is 7.51. The SMILES string of the molecule is CCc1ccc(N[C@@H]2NC(=O)/C(=C/c3ccc(Cl)cc3Cl)S2)cc1. The number of hydrogen-bond donors (Lipinski definition) is 2. The second-order valence-corrected chi connectivity index (χ2v) is 7.33. The van der Waals surface area contributed by atoms with Gasteiger partial charge in [-0.25, -0.2) is 0 Å². The molecule has 0 radical (unpaired) electrons. The van der Waals surface area contributed by atoms with Gasteiger partial charge in [-0.2, -0.15) is 0 Å². The van der Waals surface area contributed by atoms with Gasteiger partial charge in [0, 0.05) is 15.7 Å². The van der Waals surface area contributed by atoms with Gasteiger partial charge >= 0.3 is 0 Å². The Morgan fingerprint density at radius 1 is 1.21 bits per heavy atom. The average Bonchev–Trinajstić information content (AvgIpc) is 2.90. The van der Waals surface area contributed by atoms with E-state index in [9.17, 15) is 4.79 Å². The van der Waals surface area contributed by atoms with Crippen molar-refractivity contribution in [3.63, 3.8) is 0 Å². The van der Waals surface area contributed by atoms with Gasteiger partial charge in [-0.05, 0) is 47.9 Å². The molecule has 3 rings (SSSR count). The summed E-state index contributed by atoms with van der Waals surface area (Å²) < 4.78 is 0. The van der Waals surface area contributed by atoms with Gasteiger partial charge in [0.05, 0.1) is 4.91 Å². The lowest BCUT2D eigenvalue weighted by Crippen LogP contribution is -2.30. The lowest BCUT2D eigenvalue weighted by molar-refractivity contribution is -0.116. The Balaban J connectivity index is 1.71. The van der Waals surface area contributed by atoms with Gasteiger partial charge in [0.2, 0.25) is 0 Å². The molecule has 2 aromatic rings. The molecule has 1 heterocycles. The van der Waals surface area contributed by atoms with Crippen LogP contribution in [0.1, 0.15) is 18.1 Å². The van der Waals surface area contributed by atoms with Crippen molar-refractivity contribution < 1.29 is 4.79 Å². The Kier molecular flexibility index (Phi) is 5.39. The highest BCUT2D eigenvalue weighted by Gasteiger charge is 2.27. The molecule has 1 atom stereocenters. The molecular weight excluding hydrogens is 363 g/mol. The monoisotopic (exact) mass is 378 g/mol. The van der Waals surface area contributed by atoms with E-state index in [1.54, 1.807) is 24.3 Å². The molecule has 0 bridgehead atoms. The summed E-state index contributed by atoms with van der Waals surface area (Å²) in [7, 11) is 0. The van der Waals surface area contributed by atoms with E-state index in [1.165, 1.54) is 17.3 Å². The zero-order valence-electron chi connectivity index (χ0n) is 13.0. The number of anilines is 1. The van der Waals surface area contributed by atoms with Gasteiger partial charge in [0.15, 0.2) is 5.50 Å². The molecule has 1 amide bonds. The lowest BCUT2D eigenvalue weighted by atomic mass is 10.1. The van der Waals surface area contributed by atoms with Crippen molar-refractivity contribution in [2.45, 2.75) is 18.8 Å². The number of benzene rings is 2. The predicted octanol–water partition coefficient (Wildman–Crippen LogP) is 5.16. The Hall–Kier alpha value is -1.62. The van der Waals surface area contributed by atoms with Crippen LogP contribution in [0.3, 0.4) is 0 Å². The molecule has 6 heteroatoms. The van der Waals surface area contributed by atoms with Crippen LogP contribution in [0, 0.1) is 0 Å². The van der Waals surface area contributed by atoms with Crippen molar-refractivity contribution in [2.24, 2.45) is 0 Å². The van der Waals surface area contributed by atoms with E-state index in [1.807, 2.05) is 12.1 Å². The van der Waals surface area contributed by atoms with Crippen molar-refractivity contribution in [3.05, 3.63) is 68.5 Å². The molecular formula is C18H16Cl2N2OS. The molecule has 0 aromatic heterocycles. The van der Waals surface area contributed by atoms with E-state index in [2.05, 4.69) is 29.7 Å². The van der Waals surface area contributed by atoms with Crippen molar-refractivity contribution in [2.75, 3.05) is 5.32 Å². The maximum absolute atomic E-state index is 12.1. The Labute approximate surface area is 155 Å². The van der Waals surface area contributed by atoms with Crippen LogP contribution in [0.4, 0.5) is 5.69 Å². The molecule has 0 spiro atoms. The maximum Gasteiger partial charge on any atom is 0.260 e. The summed E-state index contributed by atoms with van der Waals surface area (Å²) >= 11 is 13.5. The highest BCUT2D eigenvalue weighted by Crippen LogP contribution is 2.32. The highest BCUT2D eigenvalue weighted by molar-refractivity contribution is 8.05. The number of nitrogens with one attached hydrogen (secondary N) is 2. The number of hydrogen-bond acceptors (Lipinski definition) is 3. The van der Waals surface area contributed by atoms with Crippen LogP contribution in [0.2, 0.25) is 10.0 Å². The summed E-state index contributed by atoms with van der Waals surface area (Å²) in [5.41, 5.74) is 2.81. The molecule has 0 unspecified atom stereocenters. The quantitative estimate of drug-likeness (QED) is 0.722. The van der Waals surface area contributed by atoms with Crippen molar-refractivity contribution in [3.8, 4) is 0 Å². The van der Waals surface area contributed by atoms with E-state index in [4.69, 9.17) is 23.2 Å². The first-order valence-corrected chi connectivity index (χ1v) is 9.18. The van der Waals surface area contributed by atoms with Crippen LogP contribution in [-0.2, 0) is 11.2 Å². The van der Waals surface area contributed by atoms with Crippen LogP contribution < -0.4 is 10.6 Å². The van der Waals surface area contributed by atoms with Crippen LogP contribution in [0.25, 0.3) is 6.08 Å². The molecule has 0 aliphatic carbocycles. The Bertz CT molecular complexity index is 790. The first kappa shape index (κ1) is 17.2. The van der Waals surface area contributed by atoms with E-state index in [-0.39, 0.29) is 11.4 Å². The van der Waals surface area contributed by atoms with Gasteiger partial charge in [0.25, 0.3) is 5.91 Å². The number of amides is 1. The average molecular weight is 379 g/mol. The Morgan fingerprint density at radius 2 is 1.96 bits per heavy atom. The van der Waals surface area contributed by atoms with Crippen LogP contribution in [0.5, 0.6) is 0 Å². The predicted molar refractivity (Wildman–Crippen MR) is 103 cm³/mol. The number of carbonyl (C=O) groups excluding carboxylic acids is 1. The summed E-state index contributed by atoms with van der Waals surface area (Å²) in [5.74, 6) is -0.117. The summed E-state index contributed by atoms with van der Waals surface area (Å²) in [6.45, 7) is 2.12. The summed E-state index contributed by atoms with van der Waals surface area (Å²) in [4.78, 5) is 12.8. The smallest absolute Gasteiger partial charge is 0.260 e. The van der Waals surface area contributed by atoms with Crippen molar-refractivity contribution in [1.82, 2.24) is 5.32 Å². The molecule has 0 saturated carbocycles. The molecule has 1 saturated heterocycles. The maximum atomic E-state index is 12.1. The van der Waals surface area contributed by atoms with Gasteiger partial charge in [-0.1, -0.05) is 60.1 Å². The van der Waals surface area contributed by atoms with Gasteiger partial charge in [0.1, 0.15) is 0 Å². The molecule has 1 aliphatic heterocycles. The highest BCUT2D eigenvalue weighted by atomic mass is 35.5. The molecule has 2 N–H and O–H groups in total. The normalized spacial score (nSPS) is 18.7. The number of rotatable bonds is 4. The number of carbonyl (C=O) groups is 1. The largest absolute Gasteiger partial charge is 0.357 e. The molecule has 2 aromatic carbocycles. The van der Waals surface area contributed by atoms with E-state index < -0.39 is 0 Å². The fraction of sp³-hybridized carbons (Fsp3) is 0.167. The first-order chi connectivity index (χ1) is 11.5. The van der Waals surface area contributed by atoms with Gasteiger partial charge in [-0.3, -0.25) is 4.79 Å². The summed E-state index contributed by atoms with van der Waals surface area (Å²) in [6.07, 6.45) is 2.78. The fourth-order valence-electron chi connectivity index (χ4n) is 2.31. The van der Waals surface area contributed by atoms with Crippen molar-refractivity contribution in [1.29, 1.82) is 0 Å². The number of halogens is 2. The standard InChI is InChI=1S/C18H16Cl2N2OS/c1-2-11-3-7-14(8-4-11)21-18-22-17(23)16(24-18)9-12-5-6-13(19)10-15(12)20/h3-10,18,21H,2H2,1H3,(H,22,23)/b16-9-/t18-/m1/s1. The zero-order chi connectivity index (χ0) is 17.1. The molecule has 1 fully saturated rings. The van der Waals surface area contributed by atoms with Crippen molar-refractivity contribution >= 4 is 52.6 Å². The molecule has 24 heavy (non-hydrogen) atoms. The minimum absolute atomic E-state index is 0.117. The lowest BCUT2D eigenvalue weighted by Gasteiger charge is -2.12. The third-order valence-corrected chi connectivity index (χ3v) is 5.23. The van der Waals surface area contributed by atoms with Gasteiger partial charge < -0.3 is 10.6 Å². The summed E-state index contributed by atoms with van der Waals surface area (Å²) in [6, 6.07) is 13.4. The van der Waals surface area contributed by atoms with Crippen LogP contribution in [0.15, 0.2) is 47.4 Å². The van der Waals surface area contributed by atoms with Crippen LogP contribution in [-0.4, -0.2) is 11.4 Å². The first-order valence-electron chi connectivity index (χ1n) is 7.55. The van der Waals surface area contributed by atoms with Crippen LogP contribution >= 0.6 is 35.0 Å². The molecule has 124 valence electrons. The Morgan fingerprint density at radius 3 is 2.62 bits per heavy atom. The zero-order valence-corrected chi connectivity index (χ0v) is 15.3. The number of thioether (sulfide) groups is 1. The number of aryl methyl sites for hydroxylation is 1.